The van der Waals surface area contributed by atoms with Gasteiger partial charge in [0.25, 0.3) is 0 Å². The van der Waals surface area contributed by atoms with Crippen molar-refractivity contribution in [3.05, 3.63) is 130 Å². The molecule has 4 amide bonds. The van der Waals surface area contributed by atoms with Gasteiger partial charge in [-0.05, 0) is 116 Å². The molecule has 4 aromatic carbocycles. The number of carbonyl (C=O) groups is 5. The lowest BCUT2D eigenvalue weighted by Crippen LogP contribution is -2.54. The second-order valence-corrected chi connectivity index (χ2v) is 18.5. The second kappa shape index (κ2) is 21.9. The van der Waals surface area contributed by atoms with Crippen molar-refractivity contribution in [3.63, 3.8) is 0 Å². The fourth-order valence-electron chi connectivity index (χ4n) is 10.0. The van der Waals surface area contributed by atoms with E-state index < -0.39 is 24.0 Å². The molecule has 0 radical (unpaired) electrons. The van der Waals surface area contributed by atoms with Crippen LogP contribution in [0.3, 0.4) is 0 Å². The Labute approximate surface area is 401 Å². The molecule has 17 nitrogen and oxygen atoms in total. The minimum Gasteiger partial charge on any atom is -0.480 e. The summed E-state index contributed by atoms with van der Waals surface area (Å²) in [5, 5.41) is 31.6. The van der Waals surface area contributed by atoms with Crippen LogP contribution in [0, 0.1) is 13.8 Å². The van der Waals surface area contributed by atoms with Gasteiger partial charge in [0.2, 0.25) is 11.8 Å². The molecule has 10 rings (SSSR count). The van der Waals surface area contributed by atoms with Crippen LogP contribution in [-0.4, -0.2) is 127 Å². The Kier molecular flexibility index (Phi) is 15.3. The number of esters is 1. The number of aromatic amines is 2. The zero-order chi connectivity index (χ0) is 48.6. The standard InChI is InChI=1S/C26H29N5O4.C14H18N2O.C12H15N3O2/c1-16-10-17(11-20-14-27-29-24(16)20)12-22(25(33)34)28-26(35)30-8-6-21(7-9-30)31-15-19-5-3-2-4-18(19)13-23(31)32;17-14-9-11-3-1-2-4-12(11)10-16(14)13-5-7-15-8-6-13;1-7-3-8(5-10(13)12(16)17-2)4-9-6-14-15-11(7)9/h2-5,10-11,14,21-22H,6-9,12-13,15H2,1H3,(H,27,29)(H,28,35)(H,33,34);1-4,13,15H,5-10H2;3-4,6,10H,5,13H2,1-2H3,(H,14,15)/t22-;;10-/m1.1/s1. The number of carboxylic acids is 1. The number of carbonyl (C=O) groups excluding carboxylic acids is 4. The summed E-state index contributed by atoms with van der Waals surface area (Å²) >= 11 is 0. The third-order valence-corrected chi connectivity index (χ3v) is 13.8. The van der Waals surface area contributed by atoms with Crippen LogP contribution in [0.1, 0.15) is 70.2 Å². The smallest absolute Gasteiger partial charge is 0.326 e. The number of fused-ring (bicyclic) bond motifs is 4. The minimum atomic E-state index is -1.07. The van der Waals surface area contributed by atoms with Gasteiger partial charge in [0.15, 0.2) is 0 Å². The number of aliphatic carboxylic acids is 1. The number of amides is 4. The predicted octanol–water partition coefficient (Wildman–Crippen LogP) is 4.86. The molecule has 0 unspecified atom stereocenters. The third-order valence-electron chi connectivity index (χ3n) is 13.8. The molecular weight excluding hydrogens is 877 g/mol. The van der Waals surface area contributed by atoms with Crippen molar-refractivity contribution in [1.82, 2.24) is 45.7 Å². The normalized spacial score (nSPS) is 17.2. The van der Waals surface area contributed by atoms with Gasteiger partial charge >= 0.3 is 18.0 Å². The largest absolute Gasteiger partial charge is 0.480 e. The van der Waals surface area contributed by atoms with E-state index in [1.165, 1.54) is 23.8 Å². The van der Waals surface area contributed by atoms with Gasteiger partial charge in [0, 0.05) is 55.5 Å². The van der Waals surface area contributed by atoms with Crippen molar-refractivity contribution in [3.8, 4) is 0 Å². The Hall–Kier alpha value is -7.11. The Morgan fingerprint density at radius 3 is 1.71 bits per heavy atom. The number of methoxy groups -OCH3 is 1. The molecular formula is C52H62N10O7. The van der Waals surface area contributed by atoms with Crippen molar-refractivity contribution in [2.75, 3.05) is 33.3 Å². The van der Waals surface area contributed by atoms with Gasteiger partial charge in [0.1, 0.15) is 12.1 Å². The van der Waals surface area contributed by atoms with Crippen molar-refractivity contribution in [1.29, 1.82) is 0 Å². The molecule has 2 aromatic heterocycles. The van der Waals surface area contributed by atoms with E-state index in [0.717, 1.165) is 82.1 Å². The lowest BCUT2D eigenvalue weighted by atomic mass is 9.95. The van der Waals surface area contributed by atoms with Gasteiger partial charge in [-0.15, -0.1) is 0 Å². The number of aryl methyl sites for hydroxylation is 2. The minimum absolute atomic E-state index is 0.0832. The lowest BCUT2D eigenvalue weighted by Gasteiger charge is -2.40. The SMILES string of the molecule is COC(=O)[C@H](N)Cc1cc(C)c2[nH]ncc2c1.Cc1cc(C[C@@H](NC(=O)N2CCC(N3Cc4ccccc4CC3=O)CC2)C(=O)O)cc2cn[nH]c12.O=C1Cc2ccccc2CN1C1CCNCC1. The zero-order valence-electron chi connectivity index (χ0n) is 39.5. The van der Waals surface area contributed by atoms with Gasteiger partial charge in [-0.1, -0.05) is 60.7 Å². The number of piperidine rings is 2. The number of H-pyrrole nitrogens is 2. The molecule has 0 aliphatic carbocycles. The number of benzene rings is 4. The van der Waals surface area contributed by atoms with Crippen LogP contribution in [0.2, 0.25) is 0 Å². The molecule has 69 heavy (non-hydrogen) atoms. The molecule has 2 fully saturated rings. The van der Waals surface area contributed by atoms with Gasteiger partial charge < -0.3 is 40.9 Å². The van der Waals surface area contributed by atoms with Crippen molar-refractivity contribution >= 4 is 51.6 Å². The average Bonchev–Trinajstić information content (AvgIpc) is 4.05. The number of ether oxygens (including phenoxy) is 1. The van der Waals surface area contributed by atoms with Crippen molar-refractivity contribution < 1.29 is 33.8 Å². The Balaban J connectivity index is 0.000000157. The molecule has 2 atom stereocenters. The maximum Gasteiger partial charge on any atom is 0.326 e. The van der Waals surface area contributed by atoms with Gasteiger partial charge in [0.05, 0.1) is 43.4 Å². The summed E-state index contributed by atoms with van der Waals surface area (Å²) in [6.45, 7) is 8.38. The highest BCUT2D eigenvalue weighted by molar-refractivity contribution is 5.86. The summed E-state index contributed by atoms with van der Waals surface area (Å²) in [5.41, 5.74) is 16.4. The molecule has 2 saturated heterocycles. The Morgan fingerprint density at radius 1 is 0.739 bits per heavy atom. The molecule has 0 saturated carbocycles. The van der Waals surface area contributed by atoms with Gasteiger partial charge in [-0.25, -0.2) is 9.59 Å². The maximum absolute atomic E-state index is 12.9. The van der Waals surface area contributed by atoms with Crippen LogP contribution >= 0.6 is 0 Å². The number of nitrogens with one attached hydrogen (secondary N) is 4. The predicted molar refractivity (Wildman–Crippen MR) is 261 cm³/mol. The van der Waals surface area contributed by atoms with Crippen molar-refractivity contribution in [2.45, 2.75) is 102 Å². The van der Waals surface area contributed by atoms with Crippen molar-refractivity contribution in [2.24, 2.45) is 5.73 Å². The third kappa shape index (κ3) is 11.6. The molecule has 6 heterocycles. The van der Waals surface area contributed by atoms with Crippen LogP contribution in [0.15, 0.2) is 85.2 Å². The first-order valence-electron chi connectivity index (χ1n) is 23.7. The molecule has 0 spiro atoms. The first-order valence-corrected chi connectivity index (χ1v) is 23.7. The van der Waals surface area contributed by atoms with Crippen LogP contribution in [0.4, 0.5) is 4.79 Å². The fourth-order valence-corrected chi connectivity index (χ4v) is 10.0. The number of nitrogens with zero attached hydrogens (tertiary/aromatic N) is 5. The highest BCUT2D eigenvalue weighted by Gasteiger charge is 2.34. The average molecular weight is 939 g/mol. The van der Waals surface area contributed by atoms with E-state index in [-0.39, 0.29) is 24.4 Å². The number of nitrogens with two attached hydrogens (primary N) is 1. The summed E-state index contributed by atoms with van der Waals surface area (Å²) in [6.07, 6.45) is 8.65. The molecule has 7 N–H and O–H groups in total. The highest BCUT2D eigenvalue weighted by Crippen LogP contribution is 2.27. The lowest BCUT2D eigenvalue weighted by molar-refractivity contribution is -0.142. The monoisotopic (exact) mass is 938 g/mol. The fraction of sp³-hybridized carbons (Fsp3) is 0.404. The maximum atomic E-state index is 12.9. The van der Waals surface area contributed by atoms with E-state index in [9.17, 15) is 29.1 Å². The number of hydrogen-bond donors (Lipinski definition) is 6. The number of hydrogen-bond acceptors (Lipinski definition) is 10. The number of rotatable bonds is 9. The van der Waals surface area contributed by atoms with Crippen LogP contribution in [-0.2, 0) is 62.7 Å². The van der Waals surface area contributed by atoms with E-state index in [0.29, 0.717) is 63.7 Å². The summed E-state index contributed by atoms with van der Waals surface area (Å²) in [6, 6.07) is 22.6. The van der Waals surface area contributed by atoms with E-state index >= 15 is 0 Å². The van der Waals surface area contributed by atoms with E-state index in [4.69, 9.17) is 5.73 Å². The number of carboxylic acid groups (broad SMARTS) is 1. The topological polar surface area (TPSA) is 232 Å². The molecule has 0 bridgehead atoms. The summed E-state index contributed by atoms with van der Waals surface area (Å²) in [7, 11) is 1.34. The number of likely N-dealkylation sites (tertiary alicyclic amines) is 1. The van der Waals surface area contributed by atoms with E-state index in [1.54, 1.807) is 17.3 Å². The summed E-state index contributed by atoms with van der Waals surface area (Å²) < 4.78 is 4.60. The summed E-state index contributed by atoms with van der Waals surface area (Å²) in [4.78, 5) is 66.6. The van der Waals surface area contributed by atoms with Gasteiger partial charge in [-0.3, -0.25) is 24.6 Å². The van der Waals surface area contributed by atoms with Gasteiger partial charge in [-0.2, -0.15) is 10.2 Å². The van der Waals surface area contributed by atoms with Crippen LogP contribution in [0.25, 0.3) is 21.8 Å². The first-order chi connectivity index (χ1) is 33.3. The molecule has 362 valence electrons. The van der Waals surface area contributed by atoms with E-state index in [2.05, 4.69) is 64.9 Å². The summed E-state index contributed by atoms with van der Waals surface area (Å²) in [5.74, 6) is -1.04. The molecule has 4 aliphatic heterocycles. The zero-order valence-corrected chi connectivity index (χ0v) is 39.5. The molecule has 17 heteroatoms. The Bertz CT molecular complexity index is 2810. The quantitative estimate of drug-likeness (QED) is 0.107. The van der Waals surface area contributed by atoms with E-state index in [1.807, 2.05) is 67.3 Å². The van der Waals surface area contributed by atoms with Crippen LogP contribution in [0.5, 0.6) is 0 Å². The number of urea groups is 1. The van der Waals surface area contributed by atoms with Crippen LogP contribution < -0.4 is 16.4 Å². The second-order valence-electron chi connectivity index (χ2n) is 18.5. The number of aromatic nitrogens is 4. The first kappa shape index (κ1) is 48.4. The molecule has 4 aliphatic rings. The highest BCUT2D eigenvalue weighted by atomic mass is 16.5. The molecule has 6 aromatic rings. The Morgan fingerprint density at radius 2 is 1.22 bits per heavy atom.